The molecule has 5 nitrogen and oxygen atoms in total. The molecule has 0 atom stereocenters. The molecule has 1 aromatic rings. The molecule has 0 aromatic carbocycles. The highest BCUT2D eigenvalue weighted by Gasteiger charge is 2.14. The number of primary amides is 1. The average molecular weight is 237 g/mol. The molecule has 0 aliphatic carbocycles. The monoisotopic (exact) mass is 237 g/mol. The first-order valence-corrected chi connectivity index (χ1v) is 5.81. The van der Waals surface area contributed by atoms with Gasteiger partial charge in [0.25, 0.3) is 5.91 Å². The van der Waals surface area contributed by atoms with Crippen molar-refractivity contribution in [2.24, 2.45) is 12.8 Å². The molecule has 0 saturated carbocycles. The van der Waals surface area contributed by atoms with Gasteiger partial charge in [0.1, 0.15) is 5.69 Å². The van der Waals surface area contributed by atoms with E-state index < -0.39 is 5.91 Å². The number of amides is 2. The molecule has 0 saturated heterocycles. The van der Waals surface area contributed by atoms with Crippen molar-refractivity contribution in [2.45, 2.75) is 32.6 Å². The zero-order valence-corrected chi connectivity index (χ0v) is 10.3. The number of carbonyl (C=O) groups excluding carboxylic acids is 2. The summed E-state index contributed by atoms with van der Waals surface area (Å²) in [6.07, 6.45) is 5.14. The van der Waals surface area contributed by atoms with E-state index in [4.69, 9.17) is 5.73 Å². The number of unbranched alkanes of at least 4 members (excludes halogenated alkanes) is 2. The largest absolute Gasteiger partial charge is 0.364 e. The summed E-state index contributed by atoms with van der Waals surface area (Å²) in [6.45, 7) is 2.08. The van der Waals surface area contributed by atoms with Crippen LogP contribution < -0.4 is 11.1 Å². The molecule has 0 radical (unpaired) electrons. The zero-order chi connectivity index (χ0) is 12.8. The molecule has 2 amide bonds. The smallest absolute Gasteiger partial charge is 0.267 e. The molecule has 0 aliphatic heterocycles. The molecule has 0 bridgehead atoms. The Labute approximate surface area is 101 Å². The number of aryl methyl sites for hydroxylation is 1. The van der Waals surface area contributed by atoms with Gasteiger partial charge >= 0.3 is 0 Å². The Bertz CT molecular complexity index is 410. The molecular formula is C12H19N3O2. The Kier molecular flexibility index (Phi) is 4.75. The number of anilines is 1. The maximum atomic E-state index is 11.6. The van der Waals surface area contributed by atoms with Crippen molar-refractivity contribution < 1.29 is 9.59 Å². The molecule has 17 heavy (non-hydrogen) atoms. The molecule has 1 heterocycles. The number of aromatic nitrogens is 1. The minimum absolute atomic E-state index is 0.0767. The number of hydrogen-bond donors (Lipinski definition) is 2. The topological polar surface area (TPSA) is 77.1 Å². The Hall–Kier alpha value is -1.78. The first-order valence-electron chi connectivity index (χ1n) is 5.81. The van der Waals surface area contributed by atoms with Crippen molar-refractivity contribution in [1.29, 1.82) is 0 Å². The second-order valence-electron chi connectivity index (χ2n) is 4.06. The van der Waals surface area contributed by atoms with Crippen molar-refractivity contribution in [2.75, 3.05) is 5.32 Å². The van der Waals surface area contributed by atoms with E-state index in [0.29, 0.717) is 17.8 Å². The highest BCUT2D eigenvalue weighted by molar-refractivity contribution is 6.02. The number of carbonyl (C=O) groups is 2. The lowest BCUT2D eigenvalue weighted by Crippen LogP contribution is -2.19. The lowest BCUT2D eigenvalue weighted by molar-refractivity contribution is -0.116. The molecule has 94 valence electrons. The van der Waals surface area contributed by atoms with Gasteiger partial charge in [-0.1, -0.05) is 19.8 Å². The normalized spacial score (nSPS) is 10.2. The quantitative estimate of drug-likeness (QED) is 0.738. The Morgan fingerprint density at radius 3 is 2.71 bits per heavy atom. The molecular weight excluding hydrogens is 218 g/mol. The van der Waals surface area contributed by atoms with Crippen LogP contribution in [-0.2, 0) is 11.8 Å². The summed E-state index contributed by atoms with van der Waals surface area (Å²) >= 11 is 0. The first kappa shape index (κ1) is 13.3. The highest BCUT2D eigenvalue weighted by atomic mass is 16.2. The highest BCUT2D eigenvalue weighted by Crippen LogP contribution is 2.16. The summed E-state index contributed by atoms with van der Waals surface area (Å²) in [5.41, 5.74) is 6.06. The van der Waals surface area contributed by atoms with Crippen molar-refractivity contribution >= 4 is 17.5 Å². The fourth-order valence-electron chi connectivity index (χ4n) is 1.69. The minimum Gasteiger partial charge on any atom is -0.364 e. The molecule has 0 aliphatic rings. The van der Waals surface area contributed by atoms with Crippen molar-refractivity contribution in [3.63, 3.8) is 0 Å². The second kappa shape index (κ2) is 6.08. The third kappa shape index (κ3) is 3.62. The second-order valence-corrected chi connectivity index (χ2v) is 4.06. The predicted molar refractivity (Wildman–Crippen MR) is 66.7 cm³/mol. The van der Waals surface area contributed by atoms with Gasteiger partial charge in [0.05, 0.1) is 5.69 Å². The van der Waals surface area contributed by atoms with Crippen LogP contribution in [0.25, 0.3) is 0 Å². The van der Waals surface area contributed by atoms with Crippen LogP contribution >= 0.6 is 0 Å². The van der Waals surface area contributed by atoms with E-state index in [-0.39, 0.29) is 5.91 Å². The van der Waals surface area contributed by atoms with Crippen LogP contribution in [0.4, 0.5) is 5.69 Å². The maximum Gasteiger partial charge on any atom is 0.267 e. The van der Waals surface area contributed by atoms with Crippen LogP contribution in [0.3, 0.4) is 0 Å². The van der Waals surface area contributed by atoms with Crippen LogP contribution in [0.2, 0.25) is 0 Å². The van der Waals surface area contributed by atoms with E-state index in [1.54, 1.807) is 23.9 Å². The summed E-state index contributed by atoms with van der Waals surface area (Å²) < 4.78 is 1.60. The van der Waals surface area contributed by atoms with Crippen LogP contribution in [0.15, 0.2) is 12.3 Å². The van der Waals surface area contributed by atoms with Crippen LogP contribution in [-0.4, -0.2) is 16.4 Å². The van der Waals surface area contributed by atoms with Gasteiger partial charge in [-0.3, -0.25) is 9.59 Å². The lowest BCUT2D eigenvalue weighted by atomic mass is 10.2. The number of nitrogens with zero attached hydrogens (tertiary/aromatic N) is 1. The zero-order valence-electron chi connectivity index (χ0n) is 10.3. The maximum absolute atomic E-state index is 11.6. The number of nitrogens with two attached hydrogens (primary N) is 1. The standard InChI is InChI=1S/C12H19N3O2/c1-3-4-5-6-10(16)14-9-7-8-15(2)11(9)12(13)17/h7-8H,3-6H2,1-2H3,(H2,13,17)(H,14,16). The van der Waals surface area contributed by atoms with E-state index >= 15 is 0 Å². The van der Waals surface area contributed by atoms with E-state index in [1.807, 2.05) is 0 Å². The van der Waals surface area contributed by atoms with Gasteiger partial charge < -0.3 is 15.6 Å². The van der Waals surface area contributed by atoms with E-state index in [2.05, 4.69) is 12.2 Å². The van der Waals surface area contributed by atoms with Gasteiger partial charge in [0.15, 0.2) is 0 Å². The van der Waals surface area contributed by atoms with Gasteiger partial charge in [-0.25, -0.2) is 0 Å². The fraction of sp³-hybridized carbons (Fsp3) is 0.500. The summed E-state index contributed by atoms with van der Waals surface area (Å²) in [4.78, 5) is 22.8. The predicted octanol–water partition coefficient (Wildman–Crippen LogP) is 1.64. The van der Waals surface area contributed by atoms with Crippen LogP contribution in [0, 0.1) is 0 Å². The molecule has 1 rings (SSSR count). The van der Waals surface area contributed by atoms with Gasteiger partial charge in [0.2, 0.25) is 5.91 Å². The Morgan fingerprint density at radius 2 is 2.12 bits per heavy atom. The summed E-state index contributed by atoms with van der Waals surface area (Å²) in [7, 11) is 1.72. The minimum atomic E-state index is -0.540. The number of rotatable bonds is 6. The molecule has 0 fully saturated rings. The third-order valence-corrected chi connectivity index (χ3v) is 2.59. The Morgan fingerprint density at radius 1 is 1.41 bits per heavy atom. The van der Waals surface area contributed by atoms with Crippen LogP contribution in [0.5, 0.6) is 0 Å². The number of nitrogens with one attached hydrogen (secondary N) is 1. The van der Waals surface area contributed by atoms with Gasteiger partial charge in [-0.05, 0) is 12.5 Å². The van der Waals surface area contributed by atoms with E-state index in [9.17, 15) is 9.59 Å². The average Bonchev–Trinajstić information content (AvgIpc) is 2.60. The van der Waals surface area contributed by atoms with Gasteiger partial charge in [0, 0.05) is 19.7 Å². The summed E-state index contributed by atoms with van der Waals surface area (Å²) in [5, 5.41) is 2.71. The molecule has 3 N–H and O–H groups in total. The molecule has 1 aromatic heterocycles. The van der Waals surface area contributed by atoms with Crippen LogP contribution in [0.1, 0.15) is 43.1 Å². The summed E-state index contributed by atoms with van der Waals surface area (Å²) in [5.74, 6) is -0.617. The van der Waals surface area contributed by atoms with Gasteiger partial charge in [-0.2, -0.15) is 0 Å². The van der Waals surface area contributed by atoms with Crippen molar-refractivity contribution in [3.8, 4) is 0 Å². The van der Waals surface area contributed by atoms with Crippen molar-refractivity contribution in [1.82, 2.24) is 4.57 Å². The van der Waals surface area contributed by atoms with E-state index in [1.165, 1.54) is 0 Å². The Balaban J connectivity index is 2.62. The summed E-state index contributed by atoms with van der Waals surface area (Å²) in [6, 6.07) is 1.68. The SMILES string of the molecule is CCCCCC(=O)Nc1ccn(C)c1C(N)=O. The first-order chi connectivity index (χ1) is 8.06. The fourth-order valence-corrected chi connectivity index (χ4v) is 1.69. The van der Waals surface area contributed by atoms with Gasteiger partial charge in [-0.15, -0.1) is 0 Å². The molecule has 5 heteroatoms. The lowest BCUT2D eigenvalue weighted by Gasteiger charge is -2.06. The van der Waals surface area contributed by atoms with E-state index in [0.717, 1.165) is 19.3 Å². The molecule has 0 unspecified atom stereocenters. The number of hydrogen-bond acceptors (Lipinski definition) is 2. The van der Waals surface area contributed by atoms with Crippen molar-refractivity contribution in [3.05, 3.63) is 18.0 Å². The molecule has 0 spiro atoms. The third-order valence-electron chi connectivity index (χ3n) is 2.59.